The zero-order valence-corrected chi connectivity index (χ0v) is 11.7. The van der Waals surface area contributed by atoms with Crippen molar-refractivity contribution in [3.63, 3.8) is 0 Å². The lowest BCUT2D eigenvalue weighted by Crippen LogP contribution is -2.57. The van der Waals surface area contributed by atoms with E-state index in [9.17, 15) is 9.59 Å². The van der Waals surface area contributed by atoms with Crippen molar-refractivity contribution in [2.45, 2.75) is 64.5 Å². The molecule has 0 aromatic heterocycles. The van der Waals surface area contributed by atoms with Gasteiger partial charge in [-0.1, -0.05) is 26.7 Å². The summed E-state index contributed by atoms with van der Waals surface area (Å²) in [6.07, 6.45) is 5.98. The van der Waals surface area contributed by atoms with E-state index in [1.54, 1.807) is 7.05 Å². The molecule has 18 heavy (non-hydrogen) atoms. The Bertz CT molecular complexity index is 352. The van der Waals surface area contributed by atoms with Crippen molar-refractivity contribution in [2.75, 3.05) is 7.05 Å². The van der Waals surface area contributed by atoms with Crippen molar-refractivity contribution in [3.05, 3.63) is 0 Å². The molecule has 1 saturated heterocycles. The Morgan fingerprint density at radius 1 is 1.22 bits per heavy atom. The standard InChI is InChI=1S/C14H24N2O2/c1-14(2)9-5-4-6-11(14)15-10-7-8-12(17)16(3)13(10)18/h10-11,15H,4-9H2,1-3H3. The predicted molar refractivity (Wildman–Crippen MR) is 70.0 cm³/mol. The Hall–Kier alpha value is -0.900. The average molecular weight is 252 g/mol. The number of nitrogens with zero attached hydrogens (tertiary/aromatic N) is 1. The summed E-state index contributed by atoms with van der Waals surface area (Å²) in [4.78, 5) is 24.8. The lowest BCUT2D eigenvalue weighted by Gasteiger charge is -2.42. The SMILES string of the molecule is CN1C(=O)CCC(NC2CCCCC2(C)C)C1=O. The molecule has 4 heteroatoms. The first kappa shape index (κ1) is 13.5. The maximum atomic E-state index is 12.1. The van der Waals surface area contributed by atoms with E-state index in [1.165, 1.54) is 24.2 Å². The number of carbonyl (C=O) groups is 2. The van der Waals surface area contributed by atoms with Crippen molar-refractivity contribution in [1.82, 2.24) is 10.2 Å². The Kier molecular flexibility index (Phi) is 3.76. The molecule has 1 aliphatic carbocycles. The topological polar surface area (TPSA) is 49.4 Å². The summed E-state index contributed by atoms with van der Waals surface area (Å²) in [5.41, 5.74) is 0.249. The average Bonchev–Trinajstić information content (AvgIpc) is 2.32. The van der Waals surface area contributed by atoms with Crippen LogP contribution in [-0.4, -0.2) is 35.8 Å². The van der Waals surface area contributed by atoms with Crippen LogP contribution in [0.25, 0.3) is 0 Å². The fraction of sp³-hybridized carbons (Fsp3) is 0.857. The molecule has 2 fully saturated rings. The highest BCUT2D eigenvalue weighted by molar-refractivity contribution is 6.00. The molecule has 2 aliphatic rings. The van der Waals surface area contributed by atoms with Crippen LogP contribution >= 0.6 is 0 Å². The van der Waals surface area contributed by atoms with Crippen molar-refractivity contribution in [2.24, 2.45) is 5.41 Å². The number of piperidine rings is 1. The van der Waals surface area contributed by atoms with Gasteiger partial charge in [0, 0.05) is 19.5 Å². The quantitative estimate of drug-likeness (QED) is 0.761. The highest BCUT2D eigenvalue weighted by Gasteiger charge is 2.38. The predicted octanol–water partition coefficient (Wildman–Crippen LogP) is 1.69. The maximum absolute atomic E-state index is 12.1. The van der Waals surface area contributed by atoms with E-state index in [0.717, 1.165) is 6.42 Å². The molecule has 2 unspecified atom stereocenters. The number of nitrogens with one attached hydrogen (secondary N) is 1. The van der Waals surface area contributed by atoms with Gasteiger partial charge >= 0.3 is 0 Å². The highest BCUT2D eigenvalue weighted by atomic mass is 16.2. The van der Waals surface area contributed by atoms with Crippen LogP contribution in [0, 0.1) is 5.41 Å². The minimum absolute atomic E-state index is 0.0547. The van der Waals surface area contributed by atoms with Gasteiger partial charge in [-0.05, 0) is 24.7 Å². The van der Waals surface area contributed by atoms with Gasteiger partial charge in [-0.3, -0.25) is 14.5 Å². The summed E-state index contributed by atoms with van der Waals surface area (Å²) in [5.74, 6) is -0.117. The second-order valence-corrected chi connectivity index (χ2v) is 6.34. The Morgan fingerprint density at radius 3 is 2.61 bits per heavy atom. The van der Waals surface area contributed by atoms with Gasteiger partial charge in [0.05, 0.1) is 6.04 Å². The summed E-state index contributed by atoms with van der Waals surface area (Å²) in [6.45, 7) is 4.54. The van der Waals surface area contributed by atoms with Gasteiger partial charge in [0.25, 0.3) is 0 Å². The summed E-state index contributed by atoms with van der Waals surface area (Å²) in [7, 11) is 1.59. The van der Waals surface area contributed by atoms with Gasteiger partial charge in [0.15, 0.2) is 0 Å². The van der Waals surface area contributed by atoms with Crippen molar-refractivity contribution >= 4 is 11.8 Å². The maximum Gasteiger partial charge on any atom is 0.246 e. The molecule has 4 nitrogen and oxygen atoms in total. The number of amides is 2. The van der Waals surface area contributed by atoms with Crippen LogP contribution in [0.4, 0.5) is 0 Å². The fourth-order valence-electron chi connectivity index (χ4n) is 3.12. The third-order valence-corrected chi connectivity index (χ3v) is 4.56. The van der Waals surface area contributed by atoms with E-state index < -0.39 is 0 Å². The zero-order valence-electron chi connectivity index (χ0n) is 11.7. The van der Waals surface area contributed by atoms with Crippen LogP contribution in [-0.2, 0) is 9.59 Å². The van der Waals surface area contributed by atoms with Crippen molar-refractivity contribution < 1.29 is 9.59 Å². The van der Waals surface area contributed by atoms with E-state index in [2.05, 4.69) is 19.2 Å². The van der Waals surface area contributed by atoms with Crippen molar-refractivity contribution in [3.8, 4) is 0 Å². The van der Waals surface area contributed by atoms with Gasteiger partial charge in [-0.2, -0.15) is 0 Å². The normalized spacial score (nSPS) is 32.7. The molecule has 1 N–H and O–H groups in total. The number of likely N-dealkylation sites (tertiary alicyclic amines) is 1. The summed E-state index contributed by atoms with van der Waals surface area (Å²) in [5, 5.41) is 3.51. The number of rotatable bonds is 2. The molecule has 0 bridgehead atoms. The molecule has 0 spiro atoms. The van der Waals surface area contributed by atoms with Crippen LogP contribution in [0.5, 0.6) is 0 Å². The highest BCUT2D eigenvalue weighted by Crippen LogP contribution is 2.36. The van der Waals surface area contributed by atoms with E-state index in [-0.39, 0.29) is 23.3 Å². The Labute approximate surface area is 109 Å². The molecule has 0 aromatic rings. The fourth-order valence-corrected chi connectivity index (χ4v) is 3.12. The number of hydrogen-bond donors (Lipinski definition) is 1. The minimum atomic E-state index is -0.171. The first-order valence-corrected chi connectivity index (χ1v) is 6.98. The zero-order chi connectivity index (χ0) is 13.3. The second-order valence-electron chi connectivity index (χ2n) is 6.34. The Morgan fingerprint density at radius 2 is 1.94 bits per heavy atom. The number of carbonyl (C=O) groups excluding carboxylic acids is 2. The van der Waals surface area contributed by atoms with Crippen LogP contribution in [0.2, 0.25) is 0 Å². The first-order valence-electron chi connectivity index (χ1n) is 6.98. The number of likely N-dealkylation sites (N-methyl/N-ethyl adjacent to an activating group) is 1. The minimum Gasteiger partial charge on any atom is -0.303 e. The molecular formula is C14H24N2O2. The van der Waals surface area contributed by atoms with Crippen molar-refractivity contribution in [1.29, 1.82) is 0 Å². The smallest absolute Gasteiger partial charge is 0.246 e. The lowest BCUT2D eigenvalue weighted by atomic mass is 9.73. The van der Waals surface area contributed by atoms with Gasteiger partial charge in [-0.15, -0.1) is 0 Å². The molecule has 0 aromatic carbocycles. The summed E-state index contributed by atoms with van der Waals surface area (Å²) in [6, 6.07) is 0.219. The van der Waals surface area contributed by atoms with Crippen LogP contribution in [0.15, 0.2) is 0 Å². The molecule has 102 valence electrons. The first-order chi connectivity index (χ1) is 8.42. The van der Waals surface area contributed by atoms with E-state index in [4.69, 9.17) is 0 Å². The molecular weight excluding hydrogens is 228 g/mol. The molecule has 2 amide bonds. The van der Waals surface area contributed by atoms with E-state index >= 15 is 0 Å². The molecule has 2 rings (SSSR count). The summed E-state index contributed by atoms with van der Waals surface area (Å²) >= 11 is 0. The number of hydrogen-bond acceptors (Lipinski definition) is 3. The van der Waals surface area contributed by atoms with Gasteiger partial charge in [-0.25, -0.2) is 0 Å². The summed E-state index contributed by atoms with van der Waals surface area (Å²) < 4.78 is 0. The van der Waals surface area contributed by atoms with Gasteiger partial charge in [0.1, 0.15) is 0 Å². The van der Waals surface area contributed by atoms with E-state index in [1.807, 2.05) is 0 Å². The number of imide groups is 1. The molecule has 2 atom stereocenters. The van der Waals surface area contributed by atoms with Crippen LogP contribution in [0.1, 0.15) is 52.4 Å². The van der Waals surface area contributed by atoms with Crippen LogP contribution in [0.3, 0.4) is 0 Å². The van der Waals surface area contributed by atoms with Gasteiger partial charge in [0.2, 0.25) is 11.8 Å². The third kappa shape index (κ3) is 2.58. The second kappa shape index (κ2) is 5.00. The van der Waals surface area contributed by atoms with E-state index in [0.29, 0.717) is 18.9 Å². The molecule has 0 radical (unpaired) electrons. The molecule has 1 aliphatic heterocycles. The third-order valence-electron chi connectivity index (χ3n) is 4.56. The van der Waals surface area contributed by atoms with Gasteiger partial charge < -0.3 is 5.32 Å². The lowest BCUT2D eigenvalue weighted by molar-refractivity contribution is -0.148. The van der Waals surface area contributed by atoms with Crippen LogP contribution < -0.4 is 5.32 Å². The molecule has 1 heterocycles. The largest absolute Gasteiger partial charge is 0.303 e. The Balaban J connectivity index is 2.00. The molecule has 1 saturated carbocycles. The monoisotopic (exact) mass is 252 g/mol.